The predicted molar refractivity (Wildman–Crippen MR) is 105 cm³/mol. The van der Waals surface area contributed by atoms with E-state index in [0.29, 0.717) is 18.8 Å². The first kappa shape index (κ1) is 19.5. The van der Waals surface area contributed by atoms with Crippen LogP contribution in [0.25, 0.3) is 0 Å². The third-order valence-electron chi connectivity index (χ3n) is 5.39. The van der Waals surface area contributed by atoms with Crippen LogP contribution >= 0.6 is 11.6 Å². The number of pyridine rings is 1. The Bertz CT molecular complexity index is 1090. The number of allylic oxidation sites excluding steroid dienone is 1. The molecule has 1 saturated heterocycles. The van der Waals surface area contributed by atoms with Gasteiger partial charge in [-0.05, 0) is 31.9 Å². The van der Waals surface area contributed by atoms with E-state index >= 15 is 0 Å². The summed E-state index contributed by atoms with van der Waals surface area (Å²) in [6.07, 6.45) is 1.73. The summed E-state index contributed by atoms with van der Waals surface area (Å²) < 4.78 is 27.6. The first-order valence-electron chi connectivity index (χ1n) is 9.29. The van der Waals surface area contributed by atoms with Gasteiger partial charge in [-0.15, -0.1) is 0 Å². The lowest BCUT2D eigenvalue weighted by atomic mass is 9.83. The lowest BCUT2D eigenvalue weighted by Gasteiger charge is -2.28. The van der Waals surface area contributed by atoms with Crippen molar-refractivity contribution in [3.63, 3.8) is 0 Å². The number of aryl methyl sites for hydroxylation is 1. The number of halogens is 2. The highest BCUT2D eigenvalue weighted by Crippen LogP contribution is 2.43. The van der Waals surface area contributed by atoms with Gasteiger partial charge in [0.2, 0.25) is 5.88 Å². The largest absolute Gasteiger partial charge is 0.440 e. The fraction of sp³-hybridized carbons (Fsp3) is 0.333. The van der Waals surface area contributed by atoms with Crippen molar-refractivity contribution in [1.29, 1.82) is 5.26 Å². The molecule has 0 amide bonds. The summed E-state index contributed by atoms with van der Waals surface area (Å²) in [6, 6.07) is 7.85. The maximum Gasteiger partial charge on any atom is 0.258 e. The van der Waals surface area contributed by atoms with Gasteiger partial charge in [0, 0.05) is 29.0 Å². The molecule has 3 heterocycles. The molecule has 6 nitrogen and oxygen atoms in total. The number of benzene rings is 1. The summed E-state index contributed by atoms with van der Waals surface area (Å²) in [7, 11) is 0. The molecule has 0 unspecified atom stereocenters. The monoisotopic (exact) mass is 415 g/mol. The van der Waals surface area contributed by atoms with Gasteiger partial charge in [0.05, 0.1) is 24.1 Å². The second-order valence-electron chi connectivity index (χ2n) is 7.17. The molecule has 0 saturated carbocycles. The smallest absolute Gasteiger partial charge is 0.258 e. The maximum absolute atomic E-state index is 14.8. The van der Waals surface area contributed by atoms with E-state index in [1.807, 2.05) is 6.07 Å². The summed E-state index contributed by atoms with van der Waals surface area (Å²) in [5.74, 6) is -1.64. The van der Waals surface area contributed by atoms with Crippen molar-refractivity contribution in [2.45, 2.75) is 38.3 Å². The van der Waals surface area contributed by atoms with E-state index in [0.717, 1.165) is 12.8 Å². The Hall–Kier alpha value is -2.82. The zero-order valence-electron chi connectivity index (χ0n) is 15.7. The quantitative estimate of drug-likeness (QED) is 0.830. The molecule has 2 aromatic rings. The van der Waals surface area contributed by atoms with Crippen molar-refractivity contribution in [2.75, 3.05) is 6.61 Å². The number of rotatable bonds is 3. The Kier molecular flexibility index (Phi) is 5.07. The maximum atomic E-state index is 14.8. The molecular formula is C21H19ClFN3O3. The number of ether oxygens (including phenoxy) is 2. The molecule has 0 spiro atoms. The van der Waals surface area contributed by atoms with Gasteiger partial charge in [-0.1, -0.05) is 17.7 Å². The van der Waals surface area contributed by atoms with Crippen LogP contribution < -0.4 is 16.0 Å². The summed E-state index contributed by atoms with van der Waals surface area (Å²) >= 11 is 6.28. The van der Waals surface area contributed by atoms with E-state index in [4.69, 9.17) is 26.8 Å². The molecule has 8 heteroatoms. The van der Waals surface area contributed by atoms with Crippen molar-refractivity contribution < 1.29 is 13.9 Å². The first-order valence-corrected chi connectivity index (χ1v) is 9.67. The van der Waals surface area contributed by atoms with E-state index in [1.165, 1.54) is 18.2 Å². The number of nitriles is 1. The lowest BCUT2D eigenvalue weighted by Crippen LogP contribution is -2.35. The molecule has 1 aromatic carbocycles. The standard InChI is InChI=1S/C21H19ClFN3O3/c1-11-8-16-19(21(27)26(11)10-12-4-3-7-28-12)17(13(9-24)20(25)29-16)18-14(22)5-2-6-15(18)23/h2,5-6,8,12,17H,3-4,7,10,25H2,1H3/t12-,17+/m0/s1. The van der Waals surface area contributed by atoms with Gasteiger partial charge in [-0.25, -0.2) is 4.39 Å². The zero-order valence-corrected chi connectivity index (χ0v) is 16.5. The number of hydrogen-bond donors (Lipinski definition) is 1. The molecule has 2 aliphatic rings. The van der Waals surface area contributed by atoms with Gasteiger partial charge in [0.1, 0.15) is 23.2 Å². The lowest BCUT2D eigenvalue weighted by molar-refractivity contribution is 0.0954. The fourth-order valence-electron chi connectivity index (χ4n) is 3.98. The number of hydrogen-bond acceptors (Lipinski definition) is 5. The molecule has 150 valence electrons. The summed E-state index contributed by atoms with van der Waals surface area (Å²) in [5, 5.41) is 9.79. The first-order chi connectivity index (χ1) is 13.9. The SMILES string of the molecule is Cc1cc2c(c(=O)n1C[C@@H]1CCCO1)[C@@H](c1c(F)cccc1Cl)C(C#N)=C(N)O2. The van der Waals surface area contributed by atoms with Gasteiger partial charge in [0.25, 0.3) is 5.56 Å². The van der Waals surface area contributed by atoms with Gasteiger partial charge >= 0.3 is 0 Å². The van der Waals surface area contributed by atoms with Crippen LogP contribution in [0.5, 0.6) is 5.75 Å². The van der Waals surface area contributed by atoms with E-state index < -0.39 is 11.7 Å². The molecule has 0 aliphatic carbocycles. The summed E-state index contributed by atoms with van der Waals surface area (Å²) in [6.45, 7) is 2.82. The van der Waals surface area contributed by atoms with Crippen LogP contribution in [0.3, 0.4) is 0 Å². The highest BCUT2D eigenvalue weighted by atomic mass is 35.5. The minimum Gasteiger partial charge on any atom is -0.440 e. The Morgan fingerprint density at radius 2 is 2.21 bits per heavy atom. The Balaban J connectivity index is 1.95. The van der Waals surface area contributed by atoms with Crippen LogP contribution in [0.4, 0.5) is 4.39 Å². The van der Waals surface area contributed by atoms with Crippen molar-refractivity contribution in [2.24, 2.45) is 5.73 Å². The Labute approximate surface area is 171 Å². The molecule has 0 radical (unpaired) electrons. The van der Waals surface area contributed by atoms with Crippen LogP contribution in [0.15, 0.2) is 40.5 Å². The number of aromatic nitrogens is 1. The molecule has 0 bridgehead atoms. The second kappa shape index (κ2) is 7.54. The molecule has 4 rings (SSSR count). The fourth-order valence-corrected chi connectivity index (χ4v) is 4.25. The van der Waals surface area contributed by atoms with Gasteiger partial charge in [-0.3, -0.25) is 4.79 Å². The normalized spacial score (nSPS) is 20.9. The predicted octanol–water partition coefficient (Wildman–Crippen LogP) is 3.35. The van der Waals surface area contributed by atoms with Crippen molar-refractivity contribution in [3.05, 3.63) is 73.7 Å². The molecule has 2 N–H and O–H groups in total. The Morgan fingerprint density at radius 1 is 1.41 bits per heavy atom. The van der Waals surface area contributed by atoms with Gasteiger partial charge in [-0.2, -0.15) is 5.26 Å². The second-order valence-corrected chi connectivity index (χ2v) is 7.58. The van der Waals surface area contributed by atoms with E-state index in [2.05, 4.69) is 0 Å². The van der Waals surface area contributed by atoms with Crippen LogP contribution in [-0.2, 0) is 11.3 Å². The molecule has 2 atom stereocenters. The van der Waals surface area contributed by atoms with Crippen LogP contribution in [0, 0.1) is 24.1 Å². The van der Waals surface area contributed by atoms with Crippen LogP contribution in [-0.4, -0.2) is 17.3 Å². The van der Waals surface area contributed by atoms with E-state index in [1.54, 1.807) is 17.6 Å². The minimum atomic E-state index is -1.05. The third kappa shape index (κ3) is 3.28. The summed E-state index contributed by atoms with van der Waals surface area (Å²) in [5.41, 5.74) is 6.36. The average Bonchev–Trinajstić information content (AvgIpc) is 3.18. The van der Waals surface area contributed by atoms with E-state index in [-0.39, 0.29) is 45.0 Å². The molecule has 2 aliphatic heterocycles. The number of fused-ring (bicyclic) bond motifs is 1. The molecule has 1 fully saturated rings. The highest BCUT2D eigenvalue weighted by molar-refractivity contribution is 6.31. The van der Waals surface area contributed by atoms with Crippen LogP contribution in [0.2, 0.25) is 5.02 Å². The molecular weight excluding hydrogens is 397 g/mol. The minimum absolute atomic E-state index is 0.0304. The topological polar surface area (TPSA) is 90.3 Å². The van der Waals surface area contributed by atoms with Crippen molar-refractivity contribution >= 4 is 11.6 Å². The van der Waals surface area contributed by atoms with E-state index in [9.17, 15) is 14.4 Å². The zero-order chi connectivity index (χ0) is 20.7. The van der Waals surface area contributed by atoms with Crippen LogP contribution in [0.1, 0.15) is 35.6 Å². The Morgan fingerprint density at radius 3 is 2.86 bits per heavy atom. The number of nitrogens with two attached hydrogens (primary N) is 1. The molecule has 1 aromatic heterocycles. The van der Waals surface area contributed by atoms with Gasteiger partial charge < -0.3 is 19.8 Å². The molecule has 29 heavy (non-hydrogen) atoms. The summed E-state index contributed by atoms with van der Waals surface area (Å²) in [4.78, 5) is 13.5. The average molecular weight is 416 g/mol. The number of nitrogens with zero attached hydrogens (tertiary/aromatic N) is 2. The highest BCUT2D eigenvalue weighted by Gasteiger charge is 2.37. The third-order valence-corrected chi connectivity index (χ3v) is 5.72. The van der Waals surface area contributed by atoms with Gasteiger partial charge in [0.15, 0.2) is 0 Å². The van der Waals surface area contributed by atoms with Crippen molar-refractivity contribution in [1.82, 2.24) is 4.57 Å². The van der Waals surface area contributed by atoms with Crippen molar-refractivity contribution in [3.8, 4) is 11.8 Å².